The highest BCUT2D eigenvalue weighted by molar-refractivity contribution is 7.16. The van der Waals surface area contributed by atoms with Gasteiger partial charge in [0.2, 0.25) is 0 Å². The first kappa shape index (κ1) is 34.1. The molecule has 1 aliphatic heterocycles. The molecule has 16 heteroatoms. The van der Waals surface area contributed by atoms with E-state index in [9.17, 15) is 27.2 Å². The number of carboxylic acids is 1. The number of methoxy groups -OCH3 is 1. The van der Waals surface area contributed by atoms with E-state index in [2.05, 4.69) is 25.2 Å². The van der Waals surface area contributed by atoms with Crippen molar-refractivity contribution in [2.75, 3.05) is 69.7 Å². The minimum Gasteiger partial charge on any atom is -0.481 e. The number of carbonyl (C=O) groups excluding carboxylic acids is 1. The fraction of sp³-hybridized carbons (Fsp3) is 0.483. The molecule has 0 atom stereocenters. The Hall–Kier alpha value is -3.73. The Morgan fingerprint density at radius 3 is 2.49 bits per heavy atom. The first-order valence-corrected chi connectivity index (χ1v) is 15.2. The summed E-state index contributed by atoms with van der Waals surface area (Å²) >= 11 is 1.09. The standard InChI is InChI=1S/C29H35F4N7O4S/c1-3-5-39(11-12-44-2)18-23-26(19-13-20(29(31,32)33)15-21(30)14-19)36-28(45-23)37-27(43)22-16-35-24(17-34-22)40-9-7-38(8-10-40)6-4-25(41)42/h13-17H,3-12,18H2,1-2H3,(H,41,42)(H,36,37,43). The normalized spacial score (nSPS) is 14.2. The molecule has 0 aliphatic carbocycles. The maximum Gasteiger partial charge on any atom is 0.416 e. The number of ether oxygens (including phenoxy) is 1. The SMILES string of the molecule is CCCN(CCOC)Cc1sc(NC(=O)c2cnc(N3CCN(CCC(=O)O)CC3)cn2)nc1-c1cc(F)cc(C(F)(F)F)c1. The van der Waals surface area contributed by atoms with Crippen molar-refractivity contribution in [3.63, 3.8) is 0 Å². The van der Waals surface area contributed by atoms with Crippen molar-refractivity contribution in [3.8, 4) is 11.3 Å². The fourth-order valence-electron chi connectivity index (χ4n) is 4.85. The Labute approximate surface area is 261 Å². The summed E-state index contributed by atoms with van der Waals surface area (Å²) in [4.78, 5) is 43.6. The predicted octanol–water partition coefficient (Wildman–Crippen LogP) is 4.47. The van der Waals surface area contributed by atoms with Gasteiger partial charge in [0, 0.05) is 63.4 Å². The lowest BCUT2D eigenvalue weighted by Gasteiger charge is -2.34. The number of alkyl halides is 3. The maximum atomic E-state index is 14.3. The zero-order valence-corrected chi connectivity index (χ0v) is 25.8. The largest absolute Gasteiger partial charge is 0.481 e. The van der Waals surface area contributed by atoms with Crippen LogP contribution in [0.3, 0.4) is 0 Å². The minimum atomic E-state index is -4.75. The Morgan fingerprint density at radius 2 is 1.87 bits per heavy atom. The minimum absolute atomic E-state index is 0.00922. The summed E-state index contributed by atoms with van der Waals surface area (Å²) in [5.41, 5.74) is -1.04. The summed E-state index contributed by atoms with van der Waals surface area (Å²) in [7, 11) is 1.57. The molecule has 0 bridgehead atoms. The number of amides is 1. The van der Waals surface area contributed by atoms with Gasteiger partial charge in [-0.25, -0.2) is 19.3 Å². The van der Waals surface area contributed by atoms with Gasteiger partial charge in [-0.15, -0.1) is 0 Å². The van der Waals surface area contributed by atoms with Crippen molar-refractivity contribution in [2.24, 2.45) is 0 Å². The van der Waals surface area contributed by atoms with E-state index in [4.69, 9.17) is 9.84 Å². The third-order valence-corrected chi connectivity index (χ3v) is 8.10. The number of rotatable bonds is 14. The highest BCUT2D eigenvalue weighted by atomic mass is 32.1. The first-order chi connectivity index (χ1) is 21.5. The lowest BCUT2D eigenvalue weighted by molar-refractivity contribution is -0.138. The van der Waals surface area contributed by atoms with Gasteiger partial charge in [-0.05, 0) is 31.2 Å². The van der Waals surface area contributed by atoms with Crippen LogP contribution in [0.5, 0.6) is 0 Å². The molecule has 0 spiro atoms. The Bertz CT molecular complexity index is 1450. The molecule has 1 saturated heterocycles. The Morgan fingerprint density at radius 1 is 1.11 bits per heavy atom. The molecule has 1 aliphatic rings. The van der Waals surface area contributed by atoms with Gasteiger partial charge < -0.3 is 14.7 Å². The van der Waals surface area contributed by atoms with E-state index in [-0.39, 0.29) is 28.5 Å². The van der Waals surface area contributed by atoms with Gasteiger partial charge in [0.05, 0.1) is 36.7 Å². The number of piperazine rings is 1. The summed E-state index contributed by atoms with van der Waals surface area (Å²) in [6.07, 6.45) is -1.06. The van der Waals surface area contributed by atoms with E-state index < -0.39 is 29.4 Å². The molecule has 0 saturated carbocycles. The Kier molecular flexibility index (Phi) is 11.8. The smallest absolute Gasteiger partial charge is 0.416 e. The van der Waals surface area contributed by atoms with Crippen molar-refractivity contribution in [2.45, 2.75) is 32.5 Å². The molecule has 2 N–H and O–H groups in total. The second kappa shape index (κ2) is 15.5. The second-order valence-electron chi connectivity index (χ2n) is 10.5. The quantitative estimate of drug-likeness (QED) is 0.241. The number of hydrogen-bond donors (Lipinski definition) is 2. The van der Waals surface area contributed by atoms with E-state index >= 15 is 0 Å². The van der Waals surface area contributed by atoms with Crippen molar-refractivity contribution < 1.29 is 37.0 Å². The third kappa shape index (κ3) is 9.63. The van der Waals surface area contributed by atoms with Crippen LogP contribution in [0.2, 0.25) is 0 Å². The zero-order valence-electron chi connectivity index (χ0n) is 24.9. The molecule has 11 nitrogen and oxygen atoms in total. The van der Waals surface area contributed by atoms with E-state index in [0.29, 0.717) is 75.7 Å². The molecule has 45 heavy (non-hydrogen) atoms. The predicted molar refractivity (Wildman–Crippen MR) is 161 cm³/mol. The van der Waals surface area contributed by atoms with Crippen molar-refractivity contribution in [1.29, 1.82) is 0 Å². The molecule has 2 aromatic heterocycles. The average Bonchev–Trinajstić information content (AvgIpc) is 3.40. The molecule has 1 amide bonds. The number of hydrogen-bond acceptors (Lipinski definition) is 10. The van der Waals surface area contributed by atoms with Gasteiger partial charge in [0.1, 0.15) is 17.3 Å². The number of carbonyl (C=O) groups is 2. The number of halogens is 4. The zero-order chi connectivity index (χ0) is 32.6. The number of nitrogens with zero attached hydrogens (tertiary/aromatic N) is 6. The van der Waals surface area contributed by atoms with Gasteiger partial charge in [0.15, 0.2) is 5.13 Å². The molecular formula is C29H35F4N7O4S. The van der Waals surface area contributed by atoms with Crippen molar-refractivity contribution in [3.05, 3.63) is 52.5 Å². The molecule has 0 unspecified atom stereocenters. The summed E-state index contributed by atoms with van der Waals surface area (Å²) in [6, 6.07) is 2.28. The van der Waals surface area contributed by atoms with E-state index in [1.165, 1.54) is 12.4 Å². The lowest BCUT2D eigenvalue weighted by Crippen LogP contribution is -2.47. The van der Waals surface area contributed by atoms with Gasteiger partial charge in [-0.3, -0.25) is 24.7 Å². The van der Waals surface area contributed by atoms with Crippen LogP contribution < -0.4 is 10.2 Å². The monoisotopic (exact) mass is 653 g/mol. The van der Waals surface area contributed by atoms with Crippen LogP contribution in [0, 0.1) is 5.82 Å². The first-order valence-electron chi connectivity index (χ1n) is 14.4. The fourth-order valence-corrected chi connectivity index (χ4v) is 5.88. The van der Waals surface area contributed by atoms with Crippen LogP contribution in [0.4, 0.5) is 28.5 Å². The molecule has 1 aromatic carbocycles. The van der Waals surface area contributed by atoms with Crippen LogP contribution >= 0.6 is 11.3 Å². The van der Waals surface area contributed by atoms with Gasteiger partial charge in [-0.1, -0.05) is 18.3 Å². The van der Waals surface area contributed by atoms with E-state index in [0.717, 1.165) is 29.9 Å². The van der Waals surface area contributed by atoms with Gasteiger partial charge in [0.25, 0.3) is 5.91 Å². The molecule has 0 radical (unpaired) electrons. The molecule has 4 rings (SSSR count). The van der Waals surface area contributed by atoms with Crippen LogP contribution in [0.25, 0.3) is 11.3 Å². The number of nitrogens with one attached hydrogen (secondary N) is 1. The van der Waals surface area contributed by atoms with Gasteiger partial charge >= 0.3 is 12.1 Å². The number of carboxylic acid groups (broad SMARTS) is 1. The number of anilines is 2. The van der Waals surface area contributed by atoms with E-state index in [1.54, 1.807) is 7.11 Å². The molecular weight excluding hydrogens is 618 g/mol. The van der Waals surface area contributed by atoms with E-state index in [1.807, 2.05) is 16.7 Å². The van der Waals surface area contributed by atoms with Crippen LogP contribution in [0.15, 0.2) is 30.6 Å². The molecule has 3 heterocycles. The summed E-state index contributed by atoms with van der Waals surface area (Å²) < 4.78 is 60.0. The number of thiazole rings is 1. The van der Waals surface area contributed by atoms with Crippen molar-refractivity contribution >= 4 is 34.2 Å². The summed E-state index contributed by atoms with van der Waals surface area (Å²) in [5.74, 6) is -1.93. The topological polar surface area (TPSA) is 124 Å². The number of benzene rings is 1. The average molecular weight is 654 g/mol. The highest BCUT2D eigenvalue weighted by Crippen LogP contribution is 2.37. The summed E-state index contributed by atoms with van der Waals surface area (Å²) in [6.45, 7) is 7.03. The second-order valence-corrected chi connectivity index (χ2v) is 11.6. The number of aliphatic carboxylic acids is 1. The highest BCUT2D eigenvalue weighted by Gasteiger charge is 2.32. The molecule has 1 fully saturated rings. The van der Waals surface area contributed by atoms with Crippen LogP contribution in [0.1, 0.15) is 40.7 Å². The maximum absolute atomic E-state index is 14.3. The van der Waals surface area contributed by atoms with Crippen LogP contribution in [-0.4, -0.2) is 101 Å². The molecule has 3 aromatic rings. The lowest BCUT2D eigenvalue weighted by atomic mass is 10.1. The van der Waals surface area contributed by atoms with Crippen molar-refractivity contribution in [1.82, 2.24) is 24.8 Å². The summed E-state index contributed by atoms with van der Waals surface area (Å²) in [5, 5.41) is 11.7. The van der Waals surface area contributed by atoms with Gasteiger partial charge in [-0.2, -0.15) is 13.2 Å². The molecule has 244 valence electrons. The van der Waals surface area contributed by atoms with Crippen LogP contribution in [-0.2, 0) is 22.3 Å². The third-order valence-electron chi connectivity index (χ3n) is 7.14. The number of aromatic nitrogens is 3. The Balaban J connectivity index is 1.52.